The molecule has 7 rings (SSSR count). The maximum Gasteiger partial charge on any atom is 0.0988 e. The van der Waals surface area contributed by atoms with Crippen LogP contribution in [0.4, 0.5) is 0 Å². The molecule has 4 aromatic carbocycles. The van der Waals surface area contributed by atoms with E-state index in [1.165, 1.54) is 0 Å². The molecular formula is C32H20N4. The van der Waals surface area contributed by atoms with Crippen LogP contribution < -0.4 is 0 Å². The van der Waals surface area contributed by atoms with Crippen molar-refractivity contribution in [3.63, 3.8) is 0 Å². The molecule has 3 heterocycles. The maximum atomic E-state index is 5.22. The van der Waals surface area contributed by atoms with Crippen LogP contribution in [0.25, 0.3) is 66.6 Å². The van der Waals surface area contributed by atoms with Crippen molar-refractivity contribution in [3.05, 3.63) is 121 Å². The third-order valence-corrected chi connectivity index (χ3v) is 6.50. The molecule has 7 aromatic rings. The Bertz CT molecular complexity index is 1880. The monoisotopic (exact) mass is 460 g/mol. The van der Waals surface area contributed by atoms with Gasteiger partial charge in [0.15, 0.2) is 0 Å². The molecule has 168 valence electrons. The number of hydrogen-bond donors (Lipinski definition) is 0. The number of pyridine rings is 2. The summed E-state index contributed by atoms with van der Waals surface area (Å²) in [6.07, 6.45) is 1.82. The van der Waals surface area contributed by atoms with Crippen LogP contribution in [0.5, 0.6) is 0 Å². The first-order chi connectivity index (χ1) is 17.8. The van der Waals surface area contributed by atoms with Crippen LogP contribution in [-0.2, 0) is 0 Å². The highest BCUT2D eigenvalue weighted by Crippen LogP contribution is 2.34. The van der Waals surface area contributed by atoms with E-state index < -0.39 is 0 Å². The molecule has 0 unspecified atom stereocenters. The maximum absolute atomic E-state index is 5.22. The van der Waals surface area contributed by atoms with Crippen LogP contribution >= 0.6 is 0 Å². The minimum atomic E-state index is 0.830. The first-order valence-corrected chi connectivity index (χ1v) is 11.9. The van der Waals surface area contributed by atoms with E-state index in [0.717, 1.165) is 66.6 Å². The SMILES string of the molecule is c1ccc(-c2nc3cccc(-c4ccc5ccc6cccnc6c5n4)c3nc2-c2ccccc2)cc1. The Morgan fingerprint density at radius 3 is 1.83 bits per heavy atom. The summed E-state index contributed by atoms with van der Waals surface area (Å²) in [6.45, 7) is 0. The Morgan fingerprint density at radius 1 is 0.417 bits per heavy atom. The quantitative estimate of drug-likeness (QED) is 0.253. The second-order valence-corrected chi connectivity index (χ2v) is 8.74. The lowest BCUT2D eigenvalue weighted by Crippen LogP contribution is -1.97. The van der Waals surface area contributed by atoms with Gasteiger partial charge in [-0.05, 0) is 18.2 Å². The Balaban J connectivity index is 1.51. The molecule has 4 nitrogen and oxygen atoms in total. The fourth-order valence-corrected chi connectivity index (χ4v) is 4.75. The van der Waals surface area contributed by atoms with Gasteiger partial charge in [0, 0.05) is 33.7 Å². The number of fused-ring (bicyclic) bond motifs is 4. The molecule has 0 N–H and O–H groups in total. The van der Waals surface area contributed by atoms with Crippen LogP contribution in [0.2, 0.25) is 0 Å². The van der Waals surface area contributed by atoms with E-state index in [9.17, 15) is 0 Å². The zero-order valence-electron chi connectivity index (χ0n) is 19.3. The lowest BCUT2D eigenvalue weighted by Gasteiger charge is -2.13. The molecule has 36 heavy (non-hydrogen) atoms. The van der Waals surface area contributed by atoms with Gasteiger partial charge in [0.05, 0.1) is 39.1 Å². The Hall–Kier alpha value is -4.96. The Labute approximate surface area is 208 Å². The van der Waals surface area contributed by atoms with E-state index in [-0.39, 0.29) is 0 Å². The summed E-state index contributed by atoms with van der Waals surface area (Å²) in [5.74, 6) is 0. The summed E-state index contributed by atoms with van der Waals surface area (Å²) in [5.41, 5.74) is 9.06. The fraction of sp³-hybridized carbons (Fsp3) is 0. The van der Waals surface area contributed by atoms with E-state index >= 15 is 0 Å². The third-order valence-electron chi connectivity index (χ3n) is 6.50. The highest BCUT2D eigenvalue weighted by Gasteiger charge is 2.16. The zero-order chi connectivity index (χ0) is 23.9. The van der Waals surface area contributed by atoms with Gasteiger partial charge in [-0.3, -0.25) is 4.98 Å². The number of para-hydroxylation sites is 1. The summed E-state index contributed by atoms with van der Waals surface area (Å²) in [6, 6.07) is 39.0. The number of nitrogens with zero attached hydrogens (tertiary/aromatic N) is 4. The minimum Gasteiger partial charge on any atom is -0.254 e. The van der Waals surface area contributed by atoms with E-state index in [0.29, 0.717) is 0 Å². The number of benzene rings is 4. The van der Waals surface area contributed by atoms with Crippen molar-refractivity contribution in [2.75, 3.05) is 0 Å². The highest BCUT2D eigenvalue weighted by molar-refractivity contribution is 6.04. The molecule has 4 heteroatoms. The van der Waals surface area contributed by atoms with E-state index in [2.05, 4.69) is 65.6 Å². The molecule has 0 bridgehead atoms. The summed E-state index contributed by atoms with van der Waals surface area (Å²) in [4.78, 5) is 20.0. The number of hydrogen-bond acceptors (Lipinski definition) is 4. The van der Waals surface area contributed by atoms with Crippen molar-refractivity contribution in [2.45, 2.75) is 0 Å². The normalized spacial score (nSPS) is 11.3. The molecule has 0 spiro atoms. The second kappa shape index (κ2) is 8.36. The van der Waals surface area contributed by atoms with Crippen molar-refractivity contribution in [1.82, 2.24) is 19.9 Å². The van der Waals surface area contributed by atoms with Gasteiger partial charge in [-0.25, -0.2) is 15.0 Å². The van der Waals surface area contributed by atoms with Gasteiger partial charge in [-0.2, -0.15) is 0 Å². The van der Waals surface area contributed by atoms with Gasteiger partial charge in [-0.1, -0.05) is 97.1 Å². The molecule has 0 saturated heterocycles. The fourth-order valence-electron chi connectivity index (χ4n) is 4.75. The van der Waals surface area contributed by atoms with Crippen LogP contribution in [-0.4, -0.2) is 19.9 Å². The van der Waals surface area contributed by atoms with Crippen LogP contribution in [0.1, 0.15) is 0 Å². The largest absolute Gasteiger partial charge is 0.254 e. The predicted octanol–water partition coefficient (Wildman–Crippen LogP) is 7.73. The smallest absolute Gasteiger partial charge is 0.0988 e. The lowest BCUT2D eigenvalue weighted by molar-refractivity contribution is 1.29. The van der Waals surface area contributed by atoms with Crippen LogP contribution in [0.3, 0.4) is 0 Å². The van der Waals surface area contributed by atoms with Crippen LogP contribution in [0.15, 0.2) is 121 Å². The van der Waals surface area contributed by atoms with E-state index in [1.807, 2.05) is 60.8 Å². The molecule has 0 aliphatic carbocycles. The average Bonchev–Trinajstić information content (AvgIpc) is 2.97. The molecule has 3 aromatic heterocycles. The van der Waals surface area contributed by atoms with Gasteiger partial charge in [0.25, 0.3) is 0 Å². The molecule has 0 saturated carbocycles. The van der Waals surface area contributed by atoms with E-state index in [1.54, 1.807) is 0 Å². The Kier molecular flexibility index (Phi) is 4.74. The topological polar surface area (TPSA) is 51.6 Å². The lowest BCUT2D eigenvalue weighted by atomic mass is 10.0. The van der Waals surface area contributed by atoms with Crippen LogP contribution in [0, 0.1) is 0 Å². The van der Waals surface area contributed by atoms with E-state index in [4.69, 9.17) is 15.0 Å². The van der Waals surface area contributed by atoms with Crippen molar-refractivity contribution < 1.29 is 0 Å². The molecule has 0 radical (unpaired) electrons. The summed E-state index contributed by atoms with van der Waals surface area (Å²) < 4.78 is 0. The zero-order valence-corrected chi connectivity index (χ0v) is 19.3. The van der Waals surface area contributed by atoms with Gasteiger partial charge in [0.1, 0.15) is 0 Å². The standard InChI is InChI=1S/C32H20N4/c1-3-9-21(10-4-1)30-31(22-11-5-2-6-12-22)36-32-25(14-7-15-27(32)35-30)26-19-18-24-17-16-23-13-8-20-33-28(23)29(24)34-26/h1-20H. The predicted molar refractivity (Wildman–Crippen MR) is 146 cm³/mol. The Morgan fingerprint density at radius 2 is 1.08 bits per heavy atom. The molecular weight excluding hydrogens is 440 g/mol. The third kappa shape index (κ3) is 3.39. The van der Waals surface area contributed by atoms with Crippen molar-refractivity contribution in [1.29, 1.82) is 0 Å². The first-order valence-electron chi connectivity index (χ1n) is 11.9. The average molecular weight is 461 g/mol. The molecule has 0 atom stereocenters. The summed E-state index contributed by atoms with van der Waals surface area (Å²) in [5, 5.41) is 2.14. The van der Waals surface area contributed by atoms with Gasteiger partial charge in [0.2, 0.25) is 0 Å². The van der Waals surface area contributed by atoms with Crippen molar-refractivity contribution >= 4 is 32.8 Å². The number of aromatic nitrogens is 4. The van der Waals surface area contributed by atoms with Gasteiger partial charge < -0.3 is 0 Å². The first kappa shape index (κ1) is 20.4. The van der Waals surface area contributed by atoms with Gasteiger partial charge >= 0.3 is 0 Å². The van der Waals surface area contributed by atoms with Crippen molar-refractivity contribution in [3.8, 4) is 33.8 Å². The highest BCUT2D eigenvalue weighted by atomic mass is 14.8. The minimum absolute atomic E-state index is 0.830. The summed E-state index contributed by atoms with van der Waals surface area (Å²) in [7, 11) is 0. The molecule has 0 fully saturated rings. The van der Waals surface area contributed by atoms with Crippen molar-refractivity contribution in [2.24, 2.45) is 0 Å². The molecule has 0 aliphatic heterocycles. The van der Waals surface area contributed by atoms with Gasteiger partial charge in [-0.15, -0.1) is 0 Å². The second-order valence-electron chi connectivity index (χ2n) is 8.74. The summed E-state index contributed by atoms with van der Waals surface area (Å²) >= 11 is 0. The molecule has 0 amide bonds. The number of rotatable bonds is 3. The molecule has 0 aliphatic rings.